The highest BCUT2D eigenvalue weighted by Gasteiger charge is 2.67. The van der Waals surface area contributed by atoms with Gasteiger partial charge in [0.1, 0.15) is 29.6 Å². The smallest absolute Gasteiger partial charge is 0.293 e. The van der Waals surface area contributed by atoms with Crippen molar-refractivity contribution < 1.29 is 31.1 Å². The summed E-state index contributed by atoms with van der Waals surface area (Å²) in [6.45, 7) is -0.759. The Labute approximate surface area is 239 Å². The molecular formula is C25H18BrF6N5OS2. The van der Waals surface area contributed by atoms with Crippen LogP contribution in [0, 0.1) is 17.6 Å². The van der Waals surface area contributed by atoms with Crippen LogP contribution in [0.2, 0.25) is 0 Å². The van der Waals surface area contributed by atoms with E-state index >= 15 is 0 Å². The number of fused-ring (bicyclic) bond motifs is 4. The largest absolute Gasteiger partial charge is 0.346 e. The topological polar surface area (TPSA) is 72.7 Å². The molecule has 40 heavy (non-hydrogen) atoms. The summed E-state index contributed by atoms with van der Waals surface area (Å²) in [7, 11) is 0. The Kier molecular flexibility index (Phi) is 6.89. The number of thioether (sulfide) groups is 1. The predicted molar refractivity (Wildman–Crippen MR) is 140 cm³/mol. The number of benzene rings is 1. The van der Waals surface area contributed by atoms with Crippen LogP contribution in [-0.2, 0) is 23.7 Å². The number of pyridine rings is 1. The number of alkyl halides is 4. The van der Waals surface area contributed by atoms with Gasteiger partial charge in [-0.25, -0.2) is 27.5 Å². The minimum absolute atomic E-state index is 0.0981. The molecule has 0 bridgehead atoms. The molecular weight excluding hydrogens is 644 g/mol. The fraction of sp³-hybridized carbons (Fsp3) is 0.360. The molecule has 0 spiro atoms. The second kappa shape index (κ2) is 10.0. The van der Waals surface area contributed by atoms with Crippen molar-refractivity contribution in [2.24, 2.45) is 5.92 Å². The van der Waals surface area contributed by atoms with Gasteiger partial charge in [0.25, 0.3) is 12.3 Å². The molecule has 15 heteroatoms. The van der Waals surface area contributed by atoms with Crippen molar-refractivity contribution in [3.63, 3.8) is 0 Å². The van der Waals surface area contributed by atoms with E-state index in [1.165, 1.54) is 23.1 Å². The van der Waals surface area contributed by atoms with Crippen LogP contribution in [0.1, 0.15) is 53.0 Å². The second-order valence-corrected chi connectivity index (χ2v) is 12.6. The third kappa shape index (κ3) is 4.79. The summed E-state index contributed by atoms with van der Waals surface area (Å²) in [4.78, 5) is 22.2. The maximum absolute atomic E-state index is 15.0. The van der Waals surface area contributed by atoms with Gasteiger partial charge in [-0.1, -0.05) is 11.8 Å². The van der Waals surface area contributed by atoms with Crippen LogP contribution in [0.3, 0.4) is 0 Å². The molecule has 210 valence electrons. The number of carbonyl (C=O) groups is 1. The third-order valence-corrected chi connectivity index (χ3v) is 9.62. The first-order valence-corrected chi connectivity index (χ1v) is 14.8. The van der Waals surface area contributed by atoms with Crippen molar-refractivity contribution in [1.82, 2.24) is 25.1 Å². The molecule has 6 rings (SSSR count). The monoisotopic (exact) mass is 661 g/mol. The first-order chi connectivity index (χ1) is 19.0. The van der Waals surface area contributed by atoms with Crippen LogP contribution in [0.15, 0.2) is 33.1 Å². The van der Waals surface area contributed by atoms with Crippen molar-refractivity contribution in [3.05, 3.63) is 68.6 Å². The van der Waals surface area contributed by atoms with Gasteiger partial charge < -0.3 is 5.32 Å². The van der Waals surface area contributed by atoms with Gasteiger partial charge in [0.05, 0.1) is 16.4 Å². The summed E-state index contributed by atoms with van der Waals surface area (Å²) < 4.78 is 87.8. The number of nitrogens with zero attached hydrogens (tertiary/aromatic N) is 4. The lowest BCUT2D eigenvalue weighted by molar-refractivity contribution is -0.123. The van der Waals surface area contributed by atoms with E-state index in [-0.39, 0.29) is 29.7 Å². The summed E-state index contributed by atoms with van der Waals surface area (Å²) >= 11 is 6.27. The highest BCUT2D eigenvalue weighted by molar-refractivity contribution is 9.10. The average molecular weight is 662 g/mol. The third-order valence-electron chi connectivity index (χ3n) is 7.01. The first kappa shape index (κ1) is 27.5. The molecule has 0 saturated heterocycles. The van der Waals surface area contributed by atoms with Crippen LogP contribution in [0.25, 0.3) is 10.3 Å². The molecule has 3 heterocycles. The first-order valence-electron chi connectivity index (χ1n) is 12.0. The van der Waals surface area contributed by atoms with E-state index in [0.29, 0.717) is 20.9 Å². The summed E-state index contributed by atoms with van der Waals surface area (Å²) in [5.74, 6) is -7.61. The number of hydrogen-bond donors (Lipinski definition) is 1. The number of hydrogen-bond acceptors (Lipinski definition) is 6. The zero-order valence-corrected chi connectivity index (χ0v) is 23.6. The minimum Gasteiger partial charge on any atom is -0.346 e. The van der Waals surface area contributed by atoms with E-state index in [9.17, 15) is 31.1 Å². The van der Waals surface area contributed by atoms with Crippen molar-refractivity contribution >= 4 is 55.3 Å². The molecule has 3 atom stereocenters. The summed E-state index contributed by atoms with van der Waals surface area (Å²) in [6.07, 6.45) is -1.23. The highest BCUT2D eigenvalue weighted by atomic mass is 79.9. The van der Waals surface area contributed by atoms with E-state index < -0.39 is 65.7 Å². The summed E-state index contributed by atoms with van der Waals surface area (Å²) in [6, 6.07) is 3.68. The number of nitrogens with one attached hydrogen (secondary N) is 1. The molecule has 1 saturated carbocycles. The second-order valence-electron chi connectivity index (χ2n) is 9.64. The van der Waals surface area contributed by atoms with Gasteiger partial charge in [0, 0.05) is 22.0 Å². The quantitative estimate of drug-likeness (QED) is 0.164. The summed E-state index contributed by atoms with van der Waals surface area (Å²) in [5.41, 5.74) is -0.687. The van der Waals surface area contributed by atoms with Crippen LogP contribution in [-0.4, -0.2) is 31.9 Å². The van der Waals surface area contributed by atoms with Crippen LogP contribution in [0.4, 0.5) is 26.3 Å². The van der Waals surface area contributed by atoms with E-state index in [2.05, 4.69) is 36.3 Å². The highest BCUT2D eigenvalue weighted by Crippen LogP contribution is 2.68. The molecule has 2 aliphatic rings. The van der Waals surface area contributed by atoms with E-state index in [1.807, 2.05) is 6.26 Å². The van der Waals surface area contributed by atoms with Crippen LogP contribution in [0.5, 0.6) is 0 Å². The molecule has 1 aromatic carbocycles. The number of thiazole rings is 1. The summed E-state index contributed by atoms with van der Waals surface area (Å²) in [5, 5.41) is 6.37. The SMILES string of the molecule is CSc1nc2nc(C(Cc3cc(F)cc(F)c3)NC(=O)Cn3nc(C(F)F)c4c3C(F)(F)[C@@H]3C[C@H]43)c(Br)cc2s1. The van der Waals surface area contributed by atoms with Crippen LogP contribution < -0.4 is 5.32 Å². The number of carbonyl (C=O) groups excluding carboxylic acids is 1. The number of rotatable bonds is 8. The van der Waals surface area contributed by atoms with Crippen LogP contribution >= 0.6 is 39.0 Å². The molecule has 0 aliphatic heterocycles. The molecule has 3 aromatic heterocycles. The fourth-order valence-electron chi connectivity index (χ4n) is 5.30. The molecule has 1 N–H and O–H groups in total. The molecule has 1 fully saturated rings. The molecule has 2 aliphatic carbocycles. The van der Waals surface area contributed by atoms with Gasteiger partial charge >= 0.3 is 0 Å². The van der Waals surface area contributed by atoms with Gasteiger partial charge in [-0.05, 0) is 64.7 Å². The minimum atomic E-state index is -3.38. The van der Waals surface area contributed by atoms with E-state index in [0.717, 1.165) is 21.2 Å². The molecule has 4 aromatic rings. The van der Waals surface area contributed by atoms with Gasteiger partial charge in [-0.2, -0.15) is 13.9 Å². The Hall–Kier alpha value is -2.65. The number of amides is 1. The molecule has 1 amide bonds. The molecule has 0 radical (unpaired) electrons. The normalized spacial score (nSPS) is 19.6. The lowest BCUT2D eigenvalue weighted by atomic mass is 10.0. The Balaban J connectivity index is 1.34. The van der Waals surface area contributed by atoms with Gasteiger partial charge in [0.2, 0.25) is 5.91 Å². The fourth-order valence-corrected chi connectivity index (χ4v) is 7.51. The maximum atomic E-state index is 15.0. The van der Waals surface area contributed by atoms with E-state index in [4.69, 9.17) is 0 Å². The Morgan fingerprint density at radius 2 is 1.93 bits per heavy atom. The van der Waals surface area contributed by atoms with Crippen molar-refractivity contribution in [1.29, 1.82) is 0 Å². The predicted octanol–water partition coefficient (Wildman–Crippen LogP) is 6.90. The number of aromatic nitrogens is 4. The molecule has 1 unspecified atom stereocenters. The average Bonchev–Trinajstić information content (AvgIpc) is 3.34. The Morgan fingerprint density at radius 3 is 2.60 bits per heavy atom. The maximum Gasteiger partial charge on any atom is 0.293 e. The van der Waals surface area contributed by atoms with E-state index in [1.54, 1.807) is 6.07 Å². The lowest BCUT2D eigenvalue weighted by Gasteiger charge is -2.21. The Morgan fingerprint density at radius 1 is 1.20 bits per heavy atom. The standard InChI is InChI=1S/C25H18BrF6N5OS2/c1-39-24-35-23-16(40-24)7-14(26)19(34-23)15(4-9-2-10(27)5-11(28)3-9)33-17(38)8-37-21-18(20(36-37)22(29)30)12-6-13(12)25(21,31)32/h2-3,5,7,12-13,15,22H,4,6,8H2,1H3,(H,33,38)/t12-,13+,15?/m0/s1. The molecule has 6 nitrogen and oxygen atoms in total. The zero-order chi connectivity index (χ0) is 28.5. The van der Waals surface area contributed by atoms with Crippen molar-refractivity contribution in [2.75, 3.05) is 6.26 Å². The lowest BCUT2D eigenvalue weighted by Crippen LogP contribution is -2.35. The Bertz CT molecular complexity index is 1640. The van der Waals surface area contributed by atoms with Gasteiger partial charge in [-0.3, -0.25) is 9.48 Å². The zero-order valence-electron chi connectivity index (χ0n) is 20.4. The van der Waals surface area contributed by atoms with Crippen molar-refractivity contribution in [2.45, 2.75) is 48.0 Å². The van der Waals surface area contributed by atoms with Gasteiger partial charge in [-0.15, -0.1) is 11.3 Å². The number of halogens is 7. The van der Waals surface area contributed by atoms with Gasteiger partial charge in [0.15, 0.2) is 9.99 Å². The van der Waals surface area contributed by atoms with Crippen molar-refractivity contribution in [3.8, 4) is 0 Å².